The molecular formula is C28H50O4. The summed E-state index contributed by atoms with van der Waals surface area (Å²) < 4.78 is 10.8. The molecule has 0 aromatic rings. The van der Waals surface area contributed by atoms with E-state index in [1.807, 2.05) is 0 Å². The van der Waals surface area contributed by atoms with E-state index in [2.05, 4.69) is 34.3 Å². The molecule has 0 aliphatic heterocycles. The molecule has 0 fully saturated rings. The first-order valence-electron chi connectivity index (χ1n) is 13.0. The van der Waals surface area contributed by atoms with Crippen LogP contribution in [0.4, 0.5) is 0 Å². The largest absolute Gasteiger partial charge is 0.462 e. The minimum Gasteiger partial charge on any atom is -0.462 e. The van der Waals surface area contributed by atoms with Crippen molar-refractivity contribution in [2.24, 2.45) is 11.8 Å². The third kappa shape index (κ3) is 18.0. The highest BCUT2D eigenvalue weighted by molar-refractivity contribution is 5.89. The second-order valence-corrected chi connectivity index (χ2v) is 9.81. The lowest BCUT2D eigenvalue weighted by atomic mass is 10.0. The summed E-state index contributed by atoms with van der Waals surface area (Å²) in [6.45, 7) is 14.6. The second-order valence-electron chi connectivity index (χ2n) is 9.81. The van der Waals surface area contributed by atoms with Gasteiger partial charge in [-0.2, -0.15) is 0 Å². The Balaban J connectivity index is 4.27. The zero-order valence-electron chi connectivity index (χ0n) is 21.7. The first-order valence-corrected chi connectivity index (χ1v) is 13.0. The molecular weight excluding hydrogens is 400 g/mol. The quantitative estimate of drug-likeness (QED) is 0.0810. The van der Waals surface area contributed by atoms with Crippen molar-refractivity contribution in [1.82, 2.24) is 0 Å². The molecule has 0 N–H and O–H groups in total. The van der Waals surface area contributed by atoms with Crippen LogP contribution in [0.2, 0.25) is 0 Å². The number of carbonyl (C=O) groups excluding carboxylic acids is 2. The number of hydrogen-bond acceptors (Lipinski definition) is 4. The van der Waals surface area contributed by atoms with E-state index in [9.17, 15) is 9.59 Å². The molecule has 4 heteroatoms. The van der Waals surface area contributed by atoms with Crippen LogP contribution in [0.3, 0.4) is 0 Å². The highest BCUT2D eigenvalue weighted by Gasteiger charge is 2.16. The summed E-state index contributed by atoms with van der Waals surface area (Å²) in [6.07, 6.45) is 17.0. The lowest BCUT2D eigenvalue weighted by Crippen LogP contribution is -2.12. The van der Waals surface area contributed by atoms with Gasteiger partial charge in [-0.05, 0) is 31.6 Å². The van der Waals surface area contributed by atoms with Gasteiger partial charge in [-0.25, -0.2) is 9.59 Å². The van der Waals surface area contributed by atoms with Crippen LogP contribution in [0.25, 0.3) is 0 Å². The molecule has 186 valence electrons. The lowest BCUT2D eigenvalue weighted by Gasteiger charge is -2.12. The van der Waals surface area contributed by atoms with E-state index in [0.29, 0.717) is 30.3 Å². The number of esters is 2. The highest BCUT2D eigenvalue weighted by Crippen LogP contribution is 2.19. The Morgan fingerprint density at radius 1 is 0.750 bits per heavy atom. The fourth-order valence-electron chi connectivity index (χ4n) is 3.60. The minimum absolute atomic E-state index is 0.387. The molecule has 0 saturated heterocycles. The zero-order valence-corrected chi connectivity index (χ0v) is 21.7. The average molecular weight is 451 g/mol. The van der Waals surface area contributed by atoms with E-state index >= 15 is 0 Å². The van der Waals surface area contributed by atoms with Crippen LogP contribution in [-0.2, 0) is 19.1 Å². The summed E-state index contributed by atoms with van der Waals surface area (Å²) >= 11 is 0. The van der Waals surface area contributed by atoms with Gasteiger partial charge in [0.05, 0.1) is 12.2 Å². The molecule has 0 radical (unpaired) electrons. The van der Waals surface area contributed by atoms with E-state index in [4.69, 9.17) is 9.47 Å². The van der Waals surface area contributed by atoms with Gasteiger partial charge >= 0.3 is 11.9 Å². The first kappa shape index (κ1) is 30.4. The van der Waals surface area contributed by atoms with E-state index in [1.54, 1.807) is 6.92 Å². The van der Waals surface area contributed by atoms with Gasteiger partial charge in [0.15, 0.2) is 0 Å². The van der Waals surface area contributed by atoms with Crippen LogP contribution in [0.15, 0.2) is 24.0 Å². The molecule has 4 nitrogen and oxygen atoms in total. The molecule has 0 aliphatic carbocycles. The number of ether oxygens (including phenoxy) is 2. The van der Waals surface area contributed by atoms with Crippen molar-refractivity contribution in [3.05, 3.63) is 24.0 Å². The molecule has 0 heterocycles. The van der Waals surface area contributed by atoms with Crippen molar-refractivity contribution in [2.75, 3.05) is 6.61 Å². The summed E-state index contributed by atoms with van der Waals surface area (Å²) in [4.78, 5) is 24.1. The first-order chi connectivity index (χ1) is 15.3. The monoisotopic (exact) mass is 450 g/mol. The van der Waals surface area contributed by atoms with Gasteiger partial charge in [0.25, 0.3) is 0 Å². The fraction of sp³-hybridized carbons (Fsp3) is 0.786. The Bertz CT molecular complexity index is 546. The van der Waals surface area contributed by atoms with Crippen molar-refractivity contribution in [1.29, 1.82) is 0 Å². The maximum Gasteiger partial charge on any atom is 0.337 e. The van der Waals surface area contributed by atoms with Crippen LogP contribution in [0.1, 0.15) is 125 Å². The van der Waals surface area contributed by atoms with Crippen molar-refractivity contribution >= 4 is 11.9 Å². The molecule has 0 aliphatic rings. The summed E-state index contributed by atoms with van der Waals surface area (Å²) in [5.74, 6) is 1.03. The summed E-state index contributed by atoms with van der Waals surface area (Å²) in [6, 6.07) is 0. The predicted molar refractivity (Wildman–Crippen MR) is 134 cm³/mol. The van der Waals surface area contributed by atoms with Crippen molar-refractivity contribution in [2.45, 2.75) is 125 Å². The van der Waals surface area contributed by atoms with E-state index in [0.717, 1.165) is 44.1 Å². The Morgan fingerprint density at radius 2 is 1.22 bits per heavy atom. The normalized spacial score (nSPS) is 12.1. The molecule has 32 heavy (non-hydrogen) atoms. The molecule has 0 saturated carbocycles. The van der Waals surface area contributed by atoms with Gasteiger partial charge in [-0.15, -0.1) is 0 Å². The van der Waals surface area contributed by atoms with Crippen molar-refractivity contribution < 1.29 is 19.1 Å². The number of rotatable bonds is 20. The number of unbranched alkanes of at least 4 members (excludes halogenated alkanes) is 9. The van der Waals surface area contributed by atoms with Gasteiger partial charge in [0.1, 0.15) is 5.76 Å². The van der Waals surface area contributed by atoms with Gasteiger partial charge < -0.3 is 9.47 Å². The van der Waals surface area contributed by atoms with Crippen molar-refractivity contribution in [3.63, 3.8) is 0 Å². The van der Waals surface area contributed by atoms with Crippen LogP contribution in [-0.4, -0.2) is 18.5 Å². The van der Waals surface area contributed by atoms with E-state index < -0.39 is 5.97 Å². The summed E-state index contributed by atoms with van der Waals surface area (Å²) in [5.41, 5.74) is 0.396. The Labute approximate surface area is 198 Å². The van der Waals surface area contributed by atoms with E-state index in [1.165, 1.54) is 51.4 Å². The topological polar surface area (TPSA) is 52.6 Å². The van der Waals surface area contributed by atoms with Gasteiger partial charge in [-0.1, -0.05) is 105 Å². The van der Waals surface area contributed by atoms with Crippen molar-refractivity contribution in [3.8, 4) is 0 Å². The number of carbonyl (C=O) groups is 2. The van der Waals surface area contributed by atoms with Gasteiger partial charge in [0.2, 0.25) is 0 Å². The molecule has 0 atom stereocenters. The smallest absolute Gasteiger partial charge is 0.337 e. The molecule has 0 spiro atoms. The third-order valence-electron chi connectivity index (χ3n) is 5.71. The molecule has 0 bridgehead atoms. The Kier molecular flexibility index (Phi) is 19.1. The Hall–Kier alpha value is -1.58. The van der Waals surface area contributed by atoms with Crippen LogP contribution in [0.5, 0.6) is 0 Å². The average Bonchev–Trinajstić information content (AvgIpc) is 2.75. The zero-order chi connectivity index (χ0) is 24.2. The fourth-order valence-corrected chi connectivity index (χ4v) is 3.60. The third-order valence-corrected chi connectivity index (χ3v) is 5.71. The molecule has 0 aromatic heterocycles. The van der Waals surface area contributed by atoms with Crippen LogP contribution < -0.4 is 0 Å². The molecule has 0 amide bonds. The van der Waals surface area contributed by atoms with Crippen LogP contribution in [0, 0.1) is 11.8 Å². The number of hydrogen-bond donors (Lipinski definition) is 0. The summed E-state index contributed by atoms with van der Waals surface area (Å²) in [7, 11) is 0. The Morgan fingerprint density at radius 3 is 1.72 bits per heavy atom. The number of allylic oxidation sites excluding steroid dienone is 1. The highest BCUT2D eigenvalue weighted by atomic mass is 16.5. The SMILES string of the molecule is C=CC(=O)OC(CCCCCCCCCCC(C)C)=C(C)C(=O)OCCCCCC(C)C. The predicted octanol–water partition coefficient (Wildman–Crippen LogP) is 8.31. The summed E-state index contributed by atoms with van der Waals surface area (Å²) in [5, 5.41) is 0. The second kappa shape index (κ2) is 20.1. The molecule has 0 rings (SSSR count). The minimum atomic E-state index is -0.526. The molecule has 0 aromatic carbocycles. The maximum absolute atomic E-state index is 12.4. The van der Waals surface area contributed by atoms with Gasteiger partial charge in [-0.3, -0.25) is 0 Å². The molecule has 0 unspecified atom stereocenters. The van der Waals surface area contributed by atoms with Crippen LogP contribution >= 0.6 is 0 Å². The van der Waals surface area contributed by atoms with Gasteiger partial charge in [0, 0.05) is 12.5 Å². The van der Waals surface area contributed by atoms with E-state index in [-0.39, 0.29) is 5.97 Å². The lowest BCUT2D eigenvalue weighted by molar-refractivity contribution is -0.139. The maximum atomic E-state index is 12.4. The standard InChI is InChI=1S/C28H50O4/c1-7-27(29)32-26(21-17-13-11-9-8-10-12-15-19-23(2)3)25(6)28(30)31-22-18-14-16-20-24(4)5/h7,23-24H,1,8-22H2,2-6H3.